The smallest absolute Gasteiger partial charge is 0.253 e. The molecule has 0 saturated carbocycles. The summed E-state index contributed by atoms with van der Waals surface area (Å²) in [5.74, 6) is 0.923. The van der Waals surface area contributed by atoms with Crippen LogP contribution in [-0.4, -0.2) is 68.5 Å². The third-order valence-corrected chi connectivity index (χ3v) is 5.55. The molecule has 1 N–H and O–H groups in total. The lowest BCUT2D eigenvalue weighted by Crippen LogP contribution is -2.46. The lowest BCUT2D eigenvalue weighted by Gasteiger charge is -2.33. The molecule has 0 bridgehead atoms. The van der Waals surface area contributed by atoms with Crippen LogP contribution in [0.3, 0.4) is 0 Å². The molecule has 158 valence electrons. The van der Waals surface area contributed by atoms with Gasteiger partial charge in [0.1, 0.15) is 12.4 Å². The van der Waals surface area contributed by atoms with Crippen molar-refractivity contribution in [3.63, 3.8) is 0 Å². The number of rotatable bonds is 6. The van der Waals surface area contributed by atoms with E-state index in [0.717, 1.165) is 17.9 Å². The zero-order chi connectivity index (χ0) is 21.0. The maximum atomic E-state index is 12.9. The van der Waals surface area contributed by atoms with E-state index in [4.69, 9.17) is 4.74 Å². The molecule has 2 aliphatic rings. The molecule has 1 saturated heterocycles. The number of likely N-dealkylation sites (tertiary alicyclic amines) is 1. The van der Waals surface area contributed by atoms with Crippen molar-refractivity contribution in [1.29, 1.82) is 0 Å². The minimum Gasteiger partial charge on any atom is -0.488 e. The summed E-state index contributed by atoms with van der Waals surface area (Å²) >= 11 is 0. The Bertz CT molecular complexity index is 777. The second-order valence-electron chi connectivity index (χ2n) is 9.18. The van der Waals surface area contributed by atoms with Crippen LogP contribution in [0.1, 0.15) is 32.3 Å². The molecule has 0 spiro atoms. The topological polar surface area (TPSA) is 61.9 Å². The van der Waals surface area contributed by atoms with Gasteiger partial charge in [-0.3, -0.25) is 9.59 Å². The molecule has 0 aliphatic carbocycles. The van der Waals surface area contributed by atoms with Crippen LogP contribution in [0.4, 0.5) is 0 Å². The van der Waals surface area contributed by atoms with Crippen LogP contribution in [0.2, 0.25) is 0 Å². The summed E-state index contributed by atoms with van der Waals surface area (Å²) in [6.45, 7) is 7.41. The Morgan fingerprint density at radius 1 is 1.21 bits per heavy atom. The van der Waals surface area contributed by atoms with E-state index in [2.05, 4.69) is 24.1 Å². The second-order valence-corrected chi connectivity index (χ2v) is 9.18. The zero-order valence-electron chi connectivity index (χ0n) is 18.0. The minimum atomic E-state index is -0.0217. The van der Waals surface area contributed by atoms with Gasteiger partial charge in [0.2, 0.25) is 5.91 Å². The Morgan fingerprint density at radius 2 is 1.90 bits per heavy atom. The van der Waals surface area contributed by atoms with Crippen LogP contribution in [0.15, 0.2) is 29.8 Å². The molecule has 1 aromatic rings. The summed E-state index contributed by atoms with van der Waals surface area (Å²) in [4.78, 5) is 29.4. The number of ether oxygens (including phenoxy) is 1. The number of carbonyl (C=O) groups excluding carboxylic acids is 2. The highest BCUT2D eigenvalue weighted by molar-refractivity contribution is 5.99. The van der Waals surface area contributed by atoms with E-state index in [1.54, 1.807) is 0 Å². The molecular weight excluding hydrogens is 366 g/mol. The largest absolute Gasteiger partial charge is 0.488 e. The summed E-state index contributed by atoms with van der Waals surface area (Å²) in [7, 11) is 4.09. The zero-order valence-corrected chi connectivity index (χ0v) is 18.0. The van der Waals surface area contributed by atoms with Crippen LogP contribution in [0, 0.1) is 11.3 Å². The van der Waals surface area contributed by atoms with Crippen molar-refractivity contribution < 1.29 is 14.3 Å². The SMILES string of the molecule is CN(C)CC(C)(C)CNC(=O)C1CCN(C(=O)C2=Cc3ccccc3OC2)CC1. The third kappa shape index (κ3) is 5.60. The van der Waals surface area contributed by atoms with Crippen LogP contribution >= 0.6 is 0 Å². The highest BCUT2D eigenvalue weighted by Gasteiger charge is 2.30. The average molecular weight is 400 g/mol. The van der Waals surface area contributed by atoms with E-state index < -0.39 is 0 Å². The number of hydrogen-bond acceptors (Lipinski definition) is 4. The highest BCUT2D eigenvalue weighted by atomic mass is 16.5. The fourth-order valence-corrected chi connectivity index (χ4v) is 4.17. The number of hydrogen-bond donors (Lipinski definition) is 1. The van der Waals surface area contributed by atoms with E-state index >= 15 is 0 Å². The monoisotopic (exact) mass is 399 g/mol. The number of piperidine rings is 1. The van der Waals surface area contributed by atoms with Crippen molar-refractivity contribution >= 4 is 17.9 Å². The number of para-hydroxylation sites is 1. The molecule has 2 aliphatic heterocycles. The first-order valence-corrected chi connectivity index (χ1v) is 10.4. The Morgan fingerprint density at radius 3 is 2.59 bits per heavy atom. The molecule has 0 atom stereocenters. The molecular formula is C23H33N3O3. The van der Waals surface area contributed by atoms with Crippen molar-refractivity contribution in [2.75, 3.05) is 46.9 Å². The molecule has 0 aromatic heterocycles. The average Bonchev–Trinajstić information content (AvgIpc) is 2.70. The van der Waals surface area contributed by atoms with Gasteiger partial charge < -0.3 is 19.9 Å². The molecule has 0 unspecified atom stereocenters. The Hall–Kier alpha value is -2.34. The number of carbonyl (C=O) groups is 2. The number of benzene rings is 1. The van der Waals surface area contributed by atoms with Gasteiger partial charge in [0, 0.05) is 37.7 Å². The maximum Gasteiger partial charge on any atom is 0.253 e. The predicted molar refractivity (Wildman–Crippen MR) is 115 cm³/mol. The second kappa shape index (κ2) is 8.99. The van der Waals surface area contributed by atoms with Gasteiger partial charge in [0.15, 0.2) is 0 Å². The third-order valence-electron chi connectivity index (χ3n) is 5.55. The van der Waals surface area contributed by atoms with Crippen molar-refractivity contribution in [3.8, 4) is 5.75 Å². The van der Waals surface area contributed by atoms with Gasteiger partial charge in [-0.25, -0.2) is 0 Å². The minimum absolute atomic E-state index is 0.0190. The van der Waals surface area contributed by atoms with Gasteiger partial charge in [-0.1, -0.05) is 32.0 Å². The van der Waals surface area contributed by atoms with Crippen LogP contribution in [0.25, 0.3) is 6.08 Å². The number of nitrogens with one attached hydrogen (secondary N) is 1. The Kier molecular flexibility index (Phi) is 6.63. The first-order valence-electron chi connectivity index (χ1n) is 10.4. The fourth-order valence-electron chi connectivity index (χ4n) is 4.17. The molecule has 2 amide bonds. The molecule has 3 rings (SSSR count). The van der Waals surface area contributed by atoms with E-state index in [1.165, 1.54) is 0 Å². The maximum absolute atomic E-state index is 12.9. The van der Waals surface area contributed by atoms with Crippen molar-refractivity contribution in [3.05, 3.63) is 35.4 Å². The van der Waals surface area contributed by atoms with Gasteiger partial charge >= 0.3 is 0 Å². The van der Waals surface area contributed by atoms with Gasteiger partial charge in [0.25, 0.3) is 5.91 Å². The summed E-state index contributed by atoms with van der Waals surface area (Å²) in [5.41, 5.74) is 1.65. The summed E-state index contributed by atoms with van der Waals surface area (Å²) in [5, 5.41) is 3.12. The molecule has 0 radical (unpaired) electrons. The van der Waals surface area contributed by atoms with E-state index in [9.17, 15) is 9.59 Å². The summed E-state index contributed by atoms with van der Waals surface area (Å²) in [6.07, 6.45) is 3.33. The Balaban J connectivity index is 1.50. The van der Waals surface area contributed by atoms with E-state index in [1.807, 2.05) is 49.3 Å². The highest BCUT2D eigenvalue weighted by Crippen LogP contribution is 2.27. The molecule has 1 aromatic carbocycles. The molecule has 6 nitrogen and oxygen atoms in total. The summed E-state index contributed by atoms with van der Waals surface area (Å²) < 4.78 is 5.72. The quantitative estimate of drug-likeness (QED) is 0.798. The van der Waals surface area contributed by atoms with Crippen LogP contribution in [-0.2, 0) is 9.59 Å². The molecule has 2 heterocycles. The van der Waals surface area contributed by atoms with Gasteiger partial charge in [0.05, 0.1) is 5.57 Å². The fraction of sp³-hybridized carbons (Fsp3) is 0.565. The molecule has 29 heavy (non-hydrogen) atoms. The first kappa shape index (κ1) is 21.4. The first-order chi connectivity index (χ1) is 13.7. The van der Waals surface area contributed by atoms with Crippen LogP contribution in [0.5, 0.6) is 5.75 Å². The summed E-state index contributed by atoms with van der Waals surface area (Å²) in [6, 6.07) is 7.74. The number of fused-ring (bicyclic) bond motifs is 1. The van der Waals surface area contributed by atoms with Gasteiger partial charge in [-0.15, -0.1) is 0 Å². The number of nitrogens with zero attached hydrogens (tertiary/aromatic N) is 2. The lowest BCUT2D eigenvalue weighted by molar-refractivity contribution is -0.133. The van der Waals surface area contributed by atoms with Crippen molar-refractivity contribution in [1.82, 2.24) is 15.1 Å². The molecule has 6 heteroatoms. The van der Waals surface area contributed by atoms with Gasteiger partial charge in [-0.2, -0.15) is 0 Å². The Labute approximate surface area is 173 Å². The standard InChI is InChI=1S/C23H33N3O3/c1-23(2,16-25(3)4)15-24-21(27)17-9-11-26(12-10-17)22(28)19-13-18-7-5-6-8-20(18)29-14-19/h5-8,13,17H,9-12,14-16H2,1-4H3,(H,24,27). The van der Waals surface area contributed by atoms with Crippen molar-refractivity contribution in [2.45, 2.75) is 26.7 Å². The number of amides is 2. The molecule has 1 fully saturated rings. The normalized spacial score (nSPS) is 17.4. The van der Waals surface area contributed by atoms with Crippen LogP contribution < -0.4 is 10.1 Å². The lowest BCUT2D eigenvalue weighted by atomic mass is 9.91. The predicted octanol–water partition coefficient (Wildman–Crippen LogP) is 2.41. The van der Waals surface area contributed by atoms with Crippen molar-refractivity contribution in [2.24, 2.45) is 11.3 Å². The van der Waals surface area contributed by atoms with E-state index in [0.29, 0.717) is 44.7 Å². The van der Waals surface area contributed by atoms with Gasteiger partial charge in [-0.05, 0) is 44.5 Å². The van der Waals surface area contributed by atoms with E-state index in [-0.39, 0.29) is 23.1 Å².